The van der Waals surface area contributed by atoms with Crippen LogP contribution in [0.1, 0.15) is 11.1 Å². The molecule has 2 heterocycles. The van der Waals surface area contributed by atoms with E-state index < -0.39 is 0 Å². The molecule has 1 amide bonds. The van der Waals surface area contributed by atoms with Crippen molar-refractivity contribution in [3.05, 3.63) is 82.6 Å². The number of carbonyl (C=O) groups is 1. The molecule has 1 N–H and O–H groups in total. The molecule has 4 rings (SSSR count). The summed E-state index contributed by atoms with van der Waals surface area (Å²) in [6.07, 6.45) is 3.44. The van der Waals surface area contributed by atoms with Gasteiger partial charge in [0.25, 0.3) is 0 Å². The summed E-state index contributed by atoms with van der Waals surface area (Å²) in [6, 6.07) is 17.6. The molecular weight excluding hydrogens is 474 g/mol. The molecule has 0 aliphatic rings. The highest BCUT2D eigenvalue weighted by Crippen LogP contribution is 2.28. The summed E-state index contributed by atoms with van der Waals surface area (Å²) < 4.78 is 2.94. The highest BCUT2D eigenvalue weighted by molar-refractivity contribution is 9.10. The normalized spacial score (nSPS) is 10.8. The summed E-state index contributed by atoms with van der Waals surface area (Å²) in [7, 11) is 0. The Kier molecular flexibility index (Phi) is 6.48. The van der Waals surface area contributed by atoms with Gasteiger partial charge in [-0.05, 0) is 61.9 Å². The predicted molar refractivity (Wildman–Crippen MR) is 128 cm³/mol. The number of pyridine rings is 1. The van der Waals surface area contributed by atoms with Gasteiger partial charge in [0, 0.05) is 33.8 Å². The lowest BCUT2D eigenvalue weighted by Crippen LogP contribution is -2.15. The lowest BCUT2D eigenvalue weighted by atomic mass is 10.1. The van der Waals surface area contributed by atoms with E-state index in [4.69, 9.17) is 0 Å². The Morgan fingerprint density at radius 1 is 1.03 bits per heavy atom. The topological polar surface area (TPSA) is 72.7 Å². The van der Waals surface area contributed by atoms with Crippen molar-refractivity contribution < 1.29 is 4.79 Å². The fourth-order valence-corrected chi connectivity index (χ4v) is 4.16. The van der Waals surface area contributed by atoms with E-state index in [2.05, 4.69) is 36.4 Å². The largest absolute Gasteiger partial charge is 0.325 e. The number of benzene rings is 2. The van der Waals surface area contributed by atoms with Gasteiger partial charge in [0.2, 0.25) is 5.91 Å². The van der Waals surface area contributed by atoms with Gasteiger partial charge in [-0.1, -0.05) is 45.4 Å². The van der Waals surface area contributed by atoms with E-state index in [1.165, 1.54) is 11.8 Å². The Morgan fingerprint density at radius 2 is 1.77 bits per heavy atom. The number of halogens is 1. The Labute approximate surface area is 193 Å². The van der Waals surface area contributed by atoms with E-state index in [1.54, 1.807) is 12.4 Å². The third kappa shape index (κ3) is 5.03. The highest BCUT2D eigenvalue weighted by atomic mass is 79.9. The van der Waals surface area contributed by atoms with Gasteiger partial charge in [-0.15, -0.1) is 10.2 Å². The molecule has 2 aromatic heterocycles. The van der Waals surface area contributed by atoms with Crippen LogP contribution in [0.25, 0.3) is 17.1 Å². The van der Waals surface area contributed by atoms with Crippen molar-refractivity contribution in [3.63, 3.8) is 0 Å². The van der Waals surface area contributed by atoms with Crippen LogP contribution in [0, 0.1) is 13.8 Å². The zero-order chi connectivity index (χ0) is 21.8. The molecule has 0 bridgehead atoms. The van der Waals surface area contributed by atoms with Gasteiger partial charge >= 0.3 is 0 Å². The van der Waals surface area contributed by atoms with Gasteiger partial charge < -0.3 is 5.32 Å². The molecule has 156 valence electrons. The Hall–Kier alpha value is -2.97. The van der Waals surface area contributed by atoms with Crippen LogP contribution in [0.5, 0.6) is 0 Å². The number of amides is 1. The minimum Gasteiger partial charge on any atom is -0.325 e. The molecule has 0 unspecified atom stereocenters. The SMILES string of the molecule is Cc1ccc(NC(=O)CSc2nnc(-c3ccncc3)n2-c2ccc(Br)cc2)c(C)c1. The number of nitrogens with zero attached hydrogens (tertiary/aromatic N) is 4. The van der Waals surface area contributed by atoms with Crippen molar-refractivity contribution in [1.29, 1.82) is 0 Å². The van der Waals surface area contributed by atoms with Gasteiger partial charge in [-0.25, -0.2) is 0 Å². The maximum Gasteiger partial charge on any atom is 0.234 e. The van der Waals surface area contributed by atoms with Crippen molar-refractivity contribution in [2.75, 3.05) is 11.1 Å². The summed E-state index contributed by atoms with van der Waals surface area (Å²) >= 11 is 4.82. The van der Waals surface area contributed by atoms with Crippen molar-refractivity contribution in [2.45, 2.75) is 19.0 Å². The Balaban J connectivity index is 1.58. The number of nitrogens with one attached hydrogen (secondary N) is 1. The van der Waals surface area contributed by atoms with Crippen molar-refractivity contribution in [3.8, 4) is 17.1 Å². The first-order valence-electron chi connectivity index (χ1n) is 9.63. The van der Waals surface area contributed by atoms with E-state index in [9.17, 15) is 4.79 Å². The lowest BCUT2D eigenvalue weighted by molar-refractivity contribution is -0.113. The van der Waals surface area contributed by atoms with Crippen molar-refractivity contribution >= 4 is 39.3 Å². The molecule has 6 nitrogen and oxygen atoms in total. The van der Waals surface area contributed by atoms with E-state index in [0.717, 1.165) is 32.5 Å². The Morgan fingerprint density at radius 3 is 2.48 bits per heavy atom. The van der Waals surface area contributed by atoms with E-state index in [-0.39, 0.29) is 11.7 Å². The molecule has 2 aromatic carbocycles. The molecule has 0 fully saturated rings. The summed E-state index contributed by atoms with van der Waals surface area (Å²) in [4.78, 5) is 16.7. The van der Waals surface area contributed by atoms with Gasteiger partial charge in [0.05, 0.1) is 5.75 Å². The van der Waals surface area contributed by atoms with E-state index in [1.807, 2.05) is 73.0 Å². The molecule has 0 atom stereocenters. The van der Waals surface area contributed by atoms with Crippen molar-refractivity contribution in [2.24, 2.45) is 0 Å². The van der Waals surface area contributed by atoms with Crippen LogP contribution in [-0.4, -0.2) is 31.4 Å². The second-order valence-electron chi connectivity index (χ2n) is 7.01. The van der Waals surface area contributed by atoms with Crippen LogP contribution in [0.4, 0.5) is 5.69 Å². The van der Waals surface area contributed by atoms with Crippen LogP contribution in [-0.2, 0) is 4.79 Å². The third-order valence-corrected chi connectivity index (χ3v) is 6.10. The van der Waals surface area contributed by atoms with Gasteiger partial charge in [-0.2, -0.15) is 0 Å². The molecule has 0 saturated heterocycles. The first kappa shape index (κ1) is 21.3. The maximum atomic E-state index is 12.6. The number of aromatic nitrogens is 4. The van der Waals surface area contributed by atoms with E-state index in [0.29, 0.717) is 11.0 Å². The average Bonchev–Trinajstić information content (AvgIpc) is 3.19. The Bertz CT molecular complexity index is 1210. The predicted octanol–water partition coefficient (Wildman–Crippen LogP) is 5.44. The minimum absolute atomic E-state index is 0.0900. The molecule has 4 aromatic rings. The quantitative estimate of drug-likeness (QED) is 0.362. The van der Waals surface area contributed by atoms with Crippen LogP contribution >= 0.6 is 27.7 Å². The number of aryl methyl sites for hydroxylation is 2. The fraction of sp³-hybridized carbons (Fsp3) is 0.130. The summed E-state index contributed by atoms with van der Waals surface area (Å²) in [5, 5.41) is 12.4. The first-order chi connectivity index (χ1) is 15.0. The lowest BCUT2D eigenvalue weighted by Gasteiger charge is -2.11. The van der Waals surface area contributed by atoms with Gasteiger partial charge in [0.15, 0.2) is 11.0 Å². The second-order valence-corrected chi connectivity index (χ2v) is 8.87. The monoisotopic (exact) mass is 493 g/mol. The third-order valence-electron chi connectivity index (χ3n) is 4.65. The number of hydrogen-bond donors (Lipinski definition) is 1. The molecule has 0 radical (unpaired) electrons. The number of hydrogen-bond acceptors (Lipinski definition) is 5. The molecular formula is C23H20BrN5OS. The molecule has 0 aliphatic heterocycles. The highest BCUT2D eigenvalue weighted by Gasteiger charge is 2.17. The van der Waals surface area contributed by atoms with Crippen LogP contribution in [0.15, 0.2) is 76.6 Å². The average molecular weight is 494 g/mol. The molecule has 0 saturated carbocycles. The molecule has 0 spiro atoms. The van der Waals surface area contributed by atoms with Gasteiger partial charge in [0.1, 0.15) is 0 Å². The summed E-state index contributed by atoms with van der Waals surface area (Å²) in [5.74, 6) is 0.827. The van der Waals surface area contributed by atoms with Gasteiger partial charge in [-0.3, -0.25) is 14.3 Å². The molecule has 31 heavy (non-hydrogen) atoms. The molecule has 8 heteroatoms. The number of carbonyl (C=O) groups excluding carboxylic acids is 1. The summed E-state index contributed by atoms with van der Waals surface area (Å²) in [6.45, 7) is 4.02. The number of anilines is 1. The standard InChI is InChI=1S/C23H20BrN5OS/c1-15-3-8-20(16(2)13-15)26-21(30)14-31-23-28-27-22(17-9-11-25-12-10-17)29(23)19-6-4-18(24)5-7-19/h3-13H,14H2,1-2H3,(H,26,30). The van der Waals surface area contributed by atoms with E-state index >= 15 is 0 Å². The van der Waals surface area contributed by atoms with Crippen molar-refractivity contribution in [1.82, 2.24) is 19.7 Å². The van der Waals surface area contributed by atoms with Crippen LogP contribution in [0.2, 0.25) is 0 Å². The summed E-state index contributed by atoms with van der Waals surface area (Å²) in [5.41, 5.74) is 4.84. The second kappa shape index (κ2) is 9.45. The smallest absolute Gasteiger partial charge is 0.234 e. The maximum absolute atomic E-state index is 12.6. The number of thioether (sulfide) groups is 1. The zero-order valence-electron chi connectivity index (χ0n) is 17.0. The molecule has 0 aliphatic carbocycles. The van der Waals surface area contributed by atoms with Crippen LogP contribution in [0.3, 0.4) is 0 Å². The minimum atomic E-state index is -0.0900. The fourth-order valence-electron chi connectivity index (χ4n) is 3.14. The zero-order valence-corrected chi connectivity index (χ0v) is 19.4. The number of rotatable bonds is 6. The first-order valence-corrected chi connectivity index (χ1v) is 11.4. The van der Waals surface area contributed by atoms with Crippen LogP contribution < -0.4 is 5.32 Å².